The van der Waals surface area contributed by atoms with Gasteiger partial charge in [-0.3, -0.25) is 9.36 Å². The summed E-state index contributed by atoms with van der Waals surface area (Å²) in [4.78, 5) is 31.9. The summed E-state index contributed by atoms with van der Waals surface area (Å²) < 4.78 is 26.5. The highest BCUT2D eigenvalue weighted by atomic mass is 32.1. The predicted molar refractivity (Wildman–Crippen MR) is 149 cm³/mol. The number of thiazole rings is 1. The molecule has 5 rings (SSSR count). The minimum absolute atomic E-state index is 0.222. The molecular formula is C31H27FN2O4S. The van der Waals surface area contributed by atoms with Crippen molar-refractivity contribution < 1.29 is 18.7 Å². The van der Waals surface area contributed by atoms with Crippen LogP contribution in [0.5, 0.6) is 5.75 Å². The van der Waals surface area contributed by atoms with Crippen molar-refractivity contribution in [3.05, 3.63) is 132 Å². The monoisotopic (exact) mass is 542 g/mol. The van der Waals surface area contributed by atoms with Gasteiger partial charge in [-0.2, -0.15) is 0 Å². The smallest absolute Gasteiger partial charge is 0.338 e. The van der Waals surface area contributed by atoms with Gasteiger partial charge in [-0.25, -0.2) is 14.2 Å². The van der Waals surface area contributed by atoms with Crippen LogP contribution in [0, 0.1) is 12.7 Å². The molecule has 2 heterocycles. The average molecular weight is 543 g/mol. The van der Waals surface area contributed by atoms with Gasteiger partial charge in [0, 0.05) is 0 Å². The lowest BCUT2D eigenvalue weighted by molar-refractivity contribution is -0.139. The number of benzene rings is 3. The maximum absolute atomic E-state index is 13.8. The summed E-state index contributed by atoms with van der Waals surface area (Å²) >= 11 is 1.27. The molecule has 0 amide bonds. The summed E-state index contributed by atoms with van der Waals surface area (Å²) in [5.74, 6) is -0.153. The van der Waals surface area contributed by atoms with E-state index in [0.29, 0.717) is 33.0 Å². The van der Waals surface area contributed by atoms with Gasteiger partial charge in [-0.05, 0) is 67.8 Å². The Labute approximate surface area is 229 Å². The first kappa shape index (κ1) is 26.3. The molecule has 1 atom stereocenters. The van der Waals surface area contributed by atoms with Gasteiger partial charge >= 0.3 is 5.97 Å². The lowest BCUT2D eigenvalue weighted by atomic mass is 9.95. The number of aromatic nitrogens is 1. The van der Waals surface area contributed by atoms with Gasteiger partial charge < -0.3 is 9.47 Å². The van der Waals surface area contributed by atoms with E-state index in [1.165, 1.54) is 23.5 Å². The maximum Gasteiger partial charge on any atom is 0.338 e. The Balaban J connectivity index is 1.53. The molecule has 0 saturated carbocycles. The SMILES string of the molecule is CCOC(=O)C1=C(C)N=c2s/c(=C\c3cccc(OCc4ccc(F)cc4)c3)c(=O)n2[C@@H]1c1ccc(C)cc1. The number of esters is 1. The Kier molecular flexibility index (Phi) is 7.56. The number of hydrogen-bond acceptors (Lipinski definition) is 6. The van der Waals surface area contributed by atoms with Crippen molar-refractivity contribution in [3.63, 3.8) is 0 Å². The number of hydrogen-bond donors (Lipinski definition) is 0. The molecule has 1 aliphatic rings. The second-order valence-corrected chi connectivity index (χ2v) is 10.2. The molecule has 0 fully saturated rings. The van der Waals surface area contributed by atoms with Crippen molar-refractivity contribution in [1.29, 1.82) is 0 Å². The van der Waals surface area contributed by atoms with Crippen molar-refractivity contribution in [2.75, 3.05) is 6.61 Å². The summed E-state index contributed by atoms with van der Waals surface area (Å²) in [6, 6.07) is 20.7. The molecule has 8 heteroatoms. The van der Waals surface area contributed by atoms with Crippen LogP contribution in [0.1, 0.15) is 42.1 Å². The molecule has 0 N–H and O–H groups in total. The molecule has 4 aromatic rings. The molecule has 0 saturated heterocycles. The topological polar surface area (TPSA) is 69.9 Å². The number of carbonyl (C=O) groups excluding carboxylic acids is 1. The van der Waals surface area contributed by atoms with E-state index < -0.39 is 12.0 Å². The van der Waals surface area contributed by atoms with Gasteiger partial charge in [0.25, 0.3) is 5.56 Å². The standard InChI is InChI=1S/C31H27FN2O4S/c1-4-37-30(36)27-20(3)33-31-34(28(27)23-12-8-19(2)9-13-23)29(35)26(39-31)17-22-6-5-7-25(16-22)38-18-21-10-14-24(32)15-11-21/h5-17,28H,4,18H2,1-3H3/b26-17-/t28-/m1/s1. The molecule has 0 radical (unpaired) electrons. The van der Waals surface area contributed by atoms with Crippen LogP contribution in [-0.4, -0.2) is 17.1 Å². The third kappa shape index (κ3) is 5.61. The third-order valence-electron chi connectivity index (χ3n) is 6.38. The van der Waals surface area contributed by atoms with Crippen molar-refractivity contribution in [3.8, 4) is 5.75 Å². The van der Waals surface area contributed by atoms with E-state index in [4.69, 9.17) is 9.47 Å². The van der Waals surface area contributed by atoms with Crippen LogP contribution in [0.2, 0.25) is 0 Å². The van der Waals surface area contributed by atoms with E-state index >= 15 is 0 Å². The molecular weight excluding hydrogens is 515 g/mol. The Hall–Kier alpha value is -4.30. The van der Waals surface area contributed by atoms with Crippen LogP contribution >= 0.6 is 11.3 Å². The number of rotatable bonds is 7. The lowest BCUT2D eigenvalue weighted by Crippen LogP contribution is -2.39. The van der Waals surface area contributed by atoms with Gasteiger partial charge in [0.1, 0.15) is 18.2 Å². The first-order valence-corrected chi connectivity index (χ1v) is 13.4. The molecule has 0 spiro atoms. The molecule has 0 bridgehead atoms. The zero-order valence-electron chi connectivity index (χ0n) is 21.8. The minimum atomic E-state index is -0.645. The van der Waals surface area contributed by atoms with Crippen LogP contribution in [0.15, 0.2) is 93.9 Å². The van der Waals surface area contributed by atoms with Crippen LogP contribution in [0.25, 0.3) is 6.08 Å². The Bertz CT molecular complexity index is 1740. The summed E-state index contributed by atoms with van der Waals surface area (Å²) in [6.07, 6.45) is 1.80. The highest BCUT2D eigenvalue weighted by Gasteiger charge is 2.33. The molecule has 6 nitrogen and oxygen atoms in total. The van der Waals surface area contributed by atoms with Crippen molar-refractivity contribution in [2.24, 2.45) is 4.99 Å². The second kappa shape index (κ2) is 11.2. The molecule has 198 valence electrons. The normalized spacial score (nSPS) is 15.1. The third-order valence-corrected chi connectivity index (χ3v) is 7.37. The average Bonchev–Trinajstić information content (AvgIpc) is 3.22. The van der Waals surface area contributed by atoms with Gasteiger partial charge in [-0.1, -0.05) is 65.4 Å². The van der Waals surface area contributed by atoms with Gasteiger partial charge in [0.2, 0.25) is 0 Å². The van der Waals surface area contributed by atoms with Crippen molar-refractivity contribution >= 4 is 23.4 Å². The van der Waals surface area contributed by atoms with Gasteiger partial charge in [0.05, 0.1) is 28.5 Å². The Morgan fingerprint density at radius 3 is 2.54 bits per heavy atom. The highest BCUT2D eigenvalue weighted by Crippen LogP contribution is 2.30. The fourth-order valence-corrected chi connectivity index (χ4v) is 5.50. The molecule has 0 unspecified atom stereocenters. The van der Waals surface area contributed by atoms with Gasteiger partial charge in [-0.15, -0.1) is 0 Å². The molecule has 39 heavy (non-hydrogen) atoms. The largest absolute Gasteiger partial charge is 0.489 e. The number of halogens is 1. The minimum Gasteiger partial charge on any atom is -0.489 e. The predicted octanol–water partition coefficient (Wildman–Crippen LogP) is 4.82. The van der Waals surface area contributed by atoms with E-state index in [0.717, 1.165) is 22.3 Å². The first-order valence-electron chi connectivity index (χ1n) is 12.6. The summed E-state index contributed by atoms with van der Waals surface area (Å²) in [5.41, 5.74) is 4.16. The van der Waals surface area contributed by atoms with Gasteiger partial charge in [0.15, 0.2) is 4.80 Å². The van der Waals surface area contributed by atoms with Crippen LogP contribution < -0.4 is 19.6 Å². The fraction of sp³-hybridized carbons (Fsp3) is 0.194. The van der Waals surface area contributed by atoms with Crippen LogP contribution in [-0.2, 0) is 16.1 Å². The quantitative estimate of drug-likeness (QED) is 0.314. The van der Waals surface area contributed by atoms with Crippen LogP contribution in [0.4, 0.5) is 4.39 Å². The van der Waals surface area contributed by atoms with Crippen molar-refractivity contribution in [1.82, 2.24) is 4.57 Å². The first-order chi connectivity index (χ1) is 18.8. The maximum atomic E-state index is 13.8. The number of fused-ring (bicyclic) bond motifs is 1. The summed E-state index contributed by atoms with van der Waals surface area (Å²) in [5, 5.41) is 0. The summed E-state index contributed by atoms with van der Waals surface area (Å²) in [7, 11) is 0. The number of allylic oxidation sites excluding steroid dienone is 1. The van der Waals surface area contributed by atoms with Crippen LogP contribution in [0.3, 0.4) is 0 Å². The van der Waals surface area contributed by atoms with E-state index in [1.54, 1.807) is 36.6 Å². The summed E-state index contributed by atoms with van der Waals surface area (Å²) in [6.45, 7) is 6.02. The van der Waals surface area contributed by atoms with E-state index in [-0.39, 0.29) is 18.0 Å². The highest BCUT2D eigenvalue weighted by molar-refractivity contribution is 7.07. The molecule has 1 aromatic heterocycles. The fourth-order valence-electron chi connectivity index (χ4n) is 4.45. The molecule has 0 aliphatic carbocycles. The van der Waals surface area contributed by atoms with E-state index in [9.17, 15) is 14.0 Å². The second-order valence-electron chi connectivity index (χ2n) is 9.20. The number of aryl methyl sites for hydroxylation is 1. The zero-order chi connectivity index (χ0) is 27.5. The molecule has 3 aromatic carbocycles. The number of carbonyl (C=O) groups is 1. The van der Waals surface area contributed by atoms with Crippen molar-refractivity contribution in [2.45, 2.75) is 33.4 Å². The number of ether oxygens (including phenoxy) is 2. The van der Waals surface area contributed by atoms with E-state index in [1.807, 2.05) is 55.5 Å². The van der Waals surface area contributed by atoms with E-state index in [2.05, 4.69) is 4.99 Å². The number of nitrogens with zero attached hydrogens (tertiary/aromatic N) is 2. The lowest BCUT2D eigenvalue weighted by Gasteiger charge is -2.24. The molecule has 1 aliphatic heterocycles. The zero-order valence-corrected chi connectivity index (χ0v) is 22.6. The Morgan fingerprint density at radius 2 is 1.82 bits per heavy atom. The Morgan fingerprint density at radius 1 is 1.08 bits per heavy atom.